The van der Waals surface area contributed by atoms with Crippen molar-refractivity contribution in [2.24, 2.45) is 5.92 Å². The van der Waals surface area contributed by atoms with Crippen molar-refractivity contribution in [1.82, 2.24) is 0 Å². The molecule has 6 nitrogen and oxygen atoms in total. The molecule has 0 saturated carbocycles. The molecule has 6 heteroatoms. The second-order valence-electron chi connectivity index (χ2n) is 10.9. The number of carbonyl (C=O) groups excluding carboxylic acids is 2. The van der Waals surface area contributed by atoms with Gasteiger partial charge in [0.05, 0.1) is 18.2 Å². The standard InChI is InChI=1S/C34H40N2O4/c1-8-35(9-2)27-15-11-25(12-16-27)31-30(32(37)26-13-17-29(24(7)18-26)40-20-21(3)4)33(38)34(39)36(31)28-14-10-22(5)23(6)19-28/h10-19,21,31,37H,8-9,20H2,1-7H3/b32-30+. The van der Waals surface area contributed by atoms with Gasteiger partial charge in [0.15, 0.2) is 0 Å². The zero-order chi connectivity index (χ0) is 29.1. The van der Waals surface area contributed by atoms with Crippen molar-refractivity contribution in [1.29, 1.82) is 0 Å². The largest absolute Gasteiger partial charge is 0.507 e. The molecule has 1 saturated heterocycles. The average molecular weight is 541 g/mol. The van der Waals surface area contributed by atoms with Gasteiger partial charge in [-0.1, -0.05) is 32.0 Å². The van der Waals surface area contributed by atoms with Gasteiger partial charge in [-0.15, -0.1) is 0 Å². The van der Waals surface area contributed by atoms with E-state index in [-0.39, 0.29) is 11.3 Å². The Balaban J connectivity index is 1.86. The Morgan fingerprint density at radius 2 is 1.57 bits per heavy atom. The molecule has 0 bridgehead atoms. The summed E-state index contributed by atoms with van der Waals surface area (Å²) in [5, 5.41) is 11.6. The van der Waals surface area contributed by atoms with Gasteiger partial charge in [-0.3, -0.25) is 14.5 Å². The quantitative estimate of drug-likeness (QED) is 0.178. The molecule has 0 spiro atoms. The van der Waals surface area contributed by atoms with Crippen molar-refractivity contribution < 1.29 is 19.4 Å². The summed E-state index contributed by atoms with van der Waals surface area (Å²) in [5.41, 5.74) is 5.93. The number of anilines is 2. The number of ether oxygens (including phenoxy) is 1. The van der Waals surface area contributed by atoms with E-state index in [1.165, 1.54) is 4.90 Å². The second-order valence-corrected chi connectivity index (χ2v) is 10.9. The minimum Gasteiger partial charge on any atom is -0.507 e. The molecule has 0 aliphatic carbocycles. The summed E-state index contributed by atoms with van der Waals surface area (Å²) in [6, 6.07) is 18.2. The van der Waals surface area contributed by atoms with Crippen molar-refractivity contribution in [2.45, 2.75) is 54.5 Å². The van der Waals surface area contributed by atoms with E-state index in [4.69, 9.17) is 4.74 Å². The van der Waals surface area contributed by atoms with Crippen LogP contribution in [0.4, 0.5) is 11.4 Å². The molecule has 4 rings (SSSR count). The summed E-state index contributed by atoms with van der Waals surface area (Å²) < 4.78 is 5.90. The first kappa shape index (κ1) is 28.9. The predicted octanol–water partition coefficient (Wildman–Crippen LogP) is 7.12. The molecule has 1 fully saturated rings. The first-order valence-electron chi connectivity index (χ1n) is 14.0. The molecule has 210 valence electrons. The van der Waals surface area contributed by atoms with Crippen LogP contribution in [0, 0.1) is 26.7 Å². The highest BCUT2D eigenvalue weighted by molar-refractivity contribution is 6.51. The van der Waals surface area contributed by atoms with Crippen molar-refractivity contribution in [3.05, 3.63) is 94.1 Å². The Labute approximate surface area is 237 Å². The zero-order valence-corrected chi connectivity index (χ0v) is 24.6. The lowest BCUT2D eigenvalue weighted by Gasteiger charge is -2.27. The van der Waals surface area contributed by atoms with E-state index in [2.05, 4.69) is 32.6 Å². The fourth-order valence-electron chi connectivity index (χ4n) is 5.12. The minimum absolute atomic E-state index is 0.0778. The number of ketones is 1. The molecule has 0 radical (unpaired) electrons. The SMILES string of the molecule is CCN(CC)c1ccc(C2/C(=C(\O)c3ccc(OCC(C)C)c(C)c3)C(=O)C(=O)N2c2ccc(C)c(C)c2)cc1. The normalized spacial score (nSPS) is 16.6. The number of benzene rings is 3. The van der Waals surface area contributed by atoms with Crippen LogP contribution in [0.15, 0.2) is 66.2 Å². The van der Waals surface area contributed by atoms with Gasteiger partial charge < -0.3 is 14.7 Å². The van der Waals surface area contributed by atoms with E-state index in [9.17, 15) is 14.7 Å². The van der Waals surface area contributed by atoms with Crippen LogP contribution in [0.2, 0.25) is 0 Å². The third-order valence-corrected chi connectivity index (χ3v) is 7.57. The van der Waals surface area contributed by atoms with E-state index in [1.54, 1.807) is 18.2 Å². The average Bonchev–Trinajstić information content (AvgIpc) is 3.20. The number of carbonyl (C=O) groups is 2. The van der Waals surface area contributed by atoms with Gasteiger partial charge in [0, 0.05) is 30.0 Å². The molecule has 1 unspecified atom stereocenters. The molecular formula is C34H40N2O4. The molecule has 1 amide bonds. The summed E-state index contributed by atoms with van der Waals surface area (Å²) in [4.78, 5) is 30.9. The third-order valence-electron chi connectivity index (χ3n) is 7.57. The Morgan fingerprint density at radius 1 is 0.900 bits per heavy atom. The number of amides is 1. The van der Waals surface area contributed by atoms with Crippen LogP contribution in [0.1, 0.15) is 61.6 Å². The fraction of sp³-hybridized carbons (Fsp3) is 0.353. The molecular weight excluding hydrogens is 500 g/mol. The van der Waals surface area contributed by atoms with Gasteiger partial charge in [-0.25, -0.2) is 0 Å². The van der Waals surface area contributed by atoms with Gasteiger partial charge >= 0.3 is 0 Å². The molecule has 1 N–H and O–H groups in total. The van der Waals surface area contributed by atoms with Crippen molar-refractivity contribution in [2.75, 3.05) is 29.5 Å². The number of aliphatic hydroxyl groups is 1. The number of aryl methyl sites for hydroxylation is 3. The number of Topliss-reactive ketones (excluding diaryl/α,β-unsaturated/α-hetero) is 1. The van der Waals surface area contributed by atoms with Crippen molar-refractivity contribution in [3.63, 3.8) is 0 Å². The predicted molar refractivity (Wildman–Crippen MR) is 162 cm³/mol. The highest BCUT2D eigenvalue weighted by atomic mass is 16.5. The van der Waals surface area contributed by atoms with Crippen LogP contribution in [-0.4, -0.2) is 36.5 Å². The molecule has 40 heavy (non-hydrogen) atoms. The monoisotopic (exact) mass is 540 g/mol. The molecule has 3 aromatic rings. The summed E-state index contributed by atoms with van der Waals surface area (Å²) in [6.07, 6.45) is 0. The fourth-order valence-corrected chi connectivity index (χ4v) is 5.12. The number of rotatable bonds is 9. The second kappa shape index (κ2) is 12.0. The number of nitrogens with zero attached hydrogens (tertiary/aromatic N) is 2. The van der Waals surface area contributed by atoms with Crippen LogP contribution in [0.5, 0.6) is 5.75 Å². The minimum atomic E-state index is -0.773. The Morgan fingerprint density at radius 3 is 2.15 bits per heavy atom. The van der Waals surface area contributed by atoms with Crippen molar-refractivity contribution in [3.8, 4) is 5.75 Å². The first-order valence-corrected chi connectivity index (χ1v) is 14.0. The Kier molecular flexibility index (Phi) is 8.67. The van der Waals surface area contributed by atoms with Crippen LogP contribution >= 0.6 is 0 Å². The van der Waals surface area contributed by atoms with Crippen LogP contribution in [0.25, 0.3) is 5.76 Å². The number of hydrogen-bond donors (Lipinski definition) is 1. The lowest BCUT2D eigenvalue weighted by molar-refractivity contribution is -0.132. The van der Waals surface area contributed by atoms with Gasteiger partial charge in [0.1, 0.15) is 11.5 Å². The van der Waals surface area contributed by atoms with E-state index in [0.29, 0.717) is 23.8 Å². The summed E-state index contributed by atoms with van der Waals surface area (Å²) in [7, 11) is 0. The summed E-state index contributed by atoms with van der Waals surface area (Å²) in [5.74, 6) is -0.449. The molecule has 0 aromatic heterocycles. The van der Waals surface area contributed by atoms with Crippen LogP contribution < -0.4 is 14.5 Å². The van der Waals surface area contributed by atoms with Gasteiger partial charge in [-0.2, -0.15) is 0 Å². The van der Waals surface area contributed by atoms with Crippen LogP contribution in [-0.2, 0) is 9.59 Å². The maximum absolute atomic E-state index is 13.6. The maximum atomic E-state index is 13.6. The Bertz CT molecular complexity index is 1430. The molecule has 1 aliphatic rings. The third kappa shape index (κ3) is 5.62. The van der Waals surface area contributed by atoms with E-state index >= 15 is 0 Å². The highest BCUT2D eigenvalue weighted by Gasteiger charge is 2.47. The molecule has 1 atom stereocenters. The lowest BCUT2D eigenvalue weighted by atomic mass is 9.94. The number of aliphatic hydroxyl groups excluding tert-OH is 1. The topological polar surface area (TPSA) is 70.1 Å². The van der Waals surface area contributed by atoms with Gasteiger partial charge in [-0.05, 0) is 105 Å². The van der Waals surface area contributed by atoms with E-state index in [1.807, 2.05) is 63.2 Å². The maximum Gasteiger partial charge on any atom is 0.300 e. The summed E-state index contributed by atoms with van der Waals surface area (Å²) in [6.45, 7) is 16.6. The smallest absolute Gasteiger partial charge is 0.300 e. The molecule has 3 aromatic carbocycles. The Hall–Kier alpha value is -4.06. The summed E-state index contributed by atoms with van der Waals surface area (Å²) >= 11 is 0. The number of hydrogen-bond acceptors (Lipinski definition) is 5. The van der Waals surface area contributed by atoms with E-state index < -0.39 is 17.7 Å². The van der Waals surface area contributed by atoms with Gasteiger partial charge in [0.2, 0.25) is 0 Å². The lowest BCUT2D eigenvalue weighted by Crippen LogP contribution is -2.29. The van der Waals surface area contributed by atoms with Crippen LogP contribution in [0.3, 0.4) is 0 Å². The highest BCUT2D eigenvalue weighted by Crippen LogP contribution is 2.43. The molecule has 1 aliphatic heterocycles. The van der Waals surface area contributed by atoms with E-state index in [0.717, 1.165) is 46.8 Å². The first-order chi connectivity index (χ1) is 19.1. The zero-order valence-electron chi connectivity index (χ0n) is 24.6. The molecule has 1 heterocycles. The van der Waals surface area contributed by atoms with Crippen molar-refractivity contribution >= 4 is 28.8 Å². The van der Waals surface area contributed by atoms with Gasteiger partial charge in [0.25, 0.3) is 11.7 Å².